The van der Waals surface area contributed by atoms with Gasteiger partial charge in [0.1, 0.15) is 0 Å². The summed E-state index contributed by atoms with van der Waals surface area (Å²) < 4.78 is 0. The van der Waals surface area contributed by atoms with Crippen LogP contribution in [-0.2, 0) is 0 Å². The molecule has 2 N–H and O–H groups in total. The topological polar surface area (TPSA) is 55.3 Å². The van der Waals surface area contributed by atoms with Gasteiger partial charge in [0.05, 0.1) is 0 Å². The molecule has 0 aromatic carbocycles. The third-order valence-corrected chi connectivity index (χ3v) is 0. The van der Waals surface area contributed by atoms with Gasteiger partial charge >= 0.3 is 29.6 Å². The molecule has 0 aromatic rings. The smallest absolute Gasteiger partial charge is 0.512 e. The van der Waals surface area contributed by atoms with Crippen LogP contribution in [0.2, 0.25) is 0 Å². The molecule has 0 saturated carbocycles. The summed E-state index contributed by atoms with van der Waals surface area (Å²) in [6, 6.07) is 0. The molecule has 0 aliphatic rings. The molecule has 0 spiro atoms. The van der Waals surface area contributed by atoms with Crippen molar-refractivity contribution >= 4 is 8.41 Å². The van der Waals surface area contributed by atoms with Gasteiger partial charge < -0.3 is 17.3 Å². The van der Waals surface area contributed by atoms with E-state index in [1.807, 2.05) is 0 Å². The number of nitrogens with zero attached hydrogens (tertiary/aromatic N) is 1. The fourth-order valence-electron chi connectivity index (χ4n) is 0. The van der Waals surface area contributed by atoms with E-state index in [-0.39, 0.29) is 43.4 Å². The summed E-state index contributed by atoms with van der Waals surface area (Å²) in [6.07, 6.45) is 0. The monoisotopic (exact) mass is 78.0 g/mol. The van der Waals surface area contributed by atoms with Gasteiger partial charge in [0.25, 0.3) is 0 Å². The van der Waals surface area contributed by atoms with Crippen LogP contribution in [-0.4, -0.2) is 13.9 Å². The second-order valence-corrected chi connectivity index (χ2v) is 0. The summed E-state index contributed by atoms with van der Waals surface area (Å²) in [5.41, 5.74) is 0. The molecule has 0 fully saturated rings. The average molecular weight is 77.8 g/mol. The van der Waals surface area contributed by atoms with Crippen LogP contribution in [0.25, 0.3) is 0 Å². The first-order valence-corrected chi connectivity index (χ1v) is 0.224. The van der Waals surface area contributed by atoms with Gasteiger partial charge in [-0.05, 0) is 0 Å². The molecule has 0 saturated heterocycles. The maximum absolute atomic E-state index is 6.25. The zero-order valence-electron chi connectivity index (χ0n) is 3.02. The van der Waals surface area contributed by atoms with Crippen LogP contribution in [0.3, 0.4) is 0 Å². The van der Waals surface area contributed by atoms with Crippen LogP contribution < -0.4 is 29.6 Å². The Labute approximate surface area is 55.3 Å². The Morgan fingerprint density at radius 1 is 1.20 bits per heavy atom. The van der Waals surface area contributed by atoms with Crippen molar-refractivity contribution in [3.63, 3.8) is 0 Å². The average Bonchev–Trinajstić information content (AvgIpc) is 1.00. The van der Waals surface area contributed by atoms with E-state index in [4.69, 9.17) is 11.8 Å². The van der Waals surface area contributed by atoms with Crippen molar-refractivity contribution in [2.24, 2.45) is 0 Å². The van der Waals surface area contributed by atoms with Gasteiger partial charge in [-0.25, -0.2) is 0 Å². The van der Waals surface area contributed by atoms with Crippen LogP contribution in [0.5, 0.6) is 0 Å². The Balaban J connectivity index is -0.00000000167. The van der Waals surface area contributed by atoms with E-state index in [1.54, 1.807) is 0 Å². The fourth-order valence-corrected chi connectivity index (χ4v) is 0. The van der Waals surface area contributed by atoms with Crippen molar-refractivity contribution in [1.82, 2.24) is 0 Å². The van der Waals surface area contributed by atoms with Crippen LogP contribution in [0, 0.1) is 11.8 Å². The Kier molecular flexibility index (Phi) is 2060. The predicted octanol–water partition coefficient (Wildman–Crippen LogP) is -4.11. The Bertz CT molecular complexity index is 16.4. The molecule has 0 aliphatic heterocycles. The van der Waals surface area contributed by atoms with E-state index in [1.165, 1.54) is 0 Å². The van der Waals surface area contributed by atoms with Gasteiger partial charge in [0, 0.05) is 8.41 Å². The second kappa shape index (κ2) is 210. The molecular formula is CH2BNNaO. The summed E-state index contributed by atoms with van der Waals surface area (Å²) >= 11 is 0. The molecule has 3 radical (unpaired) electrons. The molecule has 0 amide bonds. The van der Waals surface area contributed by atoms with Crippen molar-refractivity contribution in [3.05, 3.63) is 6.57 Å². The third kappa shape index (κ3) is 108. The van der Waals surface area contributed by atoms with Crippen molar-refractivity contribution in [2.75, 3.05) is 0 Å². The largest absolute Gasteiger partial charge is 1.00 e. The SMILES string of the molecule is O.[B].[C-]#N.[Na+]. The molecule has 0 aliphatic carbocycles. The maximum Gasteiger partial charge on any atom is 1.00 e. The first kappa shape index (κ1) is 49.0. The van der Waals surface area contributed by atoms with Crippen LogP contribution >= 0.6 is 0 Å². The van der Waals surface area contributed by atoms with Crippen LogP contribution in [0.4, 0.5) is 0 Å². The van der Waals surface area contributed by atoms with Crippen molar-refractivity contribution in [2.45, 2.75) is 0 Å². The van der Waals surface area contributed by atoms with E-state index >= 15 is 0 Å². The molecule has 4 heteroatoms. The molecule has 0 bridgehead atoms. The van der Waals surface area contributed by atoms with Gasteiger partial charge in [0.2, 0.25) is 0 Å². The minimum atomic E-state index is 0. The van der Waals surface area contributed by atoms with Gasteiger partial charge in [-0.3, -0.25) is 0 Å². The summed E-state index contributed by atoms with van der Waals surface area (Å²) in [6.45, 7) is 4.75. The first-order valence-electron chi connectivity index (χ1n) is 0.224. The third-order valence-electron chi connectivity index (χ3n) is 0. The second-order valence-electron chi connectivity index (χ2n) is 0. The number of hydrogen-bond acceptors (Lipinski definition) is 1. The molecule has 21 valence electrons. The minimum absolute atomic E-state index is 0. The first-order chi connectivity index (χ1) is 1.00. The van der Waals surface area contributed by atoms with Crippen molar-refractivity contribution in [1.29, 1.82) is 5.26 Å². The minimum Gasteiger partial charge on any atom is -0.512 e. The van der Waals surface area contributed by atoms with Crippen molar-refractivity contribution < 1.29 is 35.0 Å². The molecular weight excluding hydrogens is 75.8 g/mol. The van der Waals surface area contributed by atoms with Gasteiger partial charge in [-0.2, -0.15) is 0 Å². The van der Waals surface area contributed by atoms with Gasteiger partial charge in [-0.1, -0.05) is 0 Å². The summed E-state index contributed by atoms with van der Waals surface area (Å²) in [4.78, 5) is 0. The zero-order valence-corrected chi connectivity index (χ0v) is 5.02. The van der Waals surface area contributed by atoms with Crippen molar-refractivity contribution in [3.8, 4) is 0 Å². The Hall–Kier alpha value is 0.515. The molecule has 5 heavy (non-hydrogen) atoms. The standard InChI is InChI=1S/CN.B.Na.H2O/c1-2;;;/h;;;1H2/q-1;;+1;. The van der Waals surface area contributed by atoms with Gasteiger partial charge in [0.15, 0.2) is 0 Å². The molecule has 0 atom stereocenters. The Morgan fingerprint density at radius 3 is 1.20 bits per heavy atom. The number of rotatable bonds is 0. The quantitative estimate of drug-likeness (QED) is 0.214. The molecule has 0 rings (SSSR count). The summed E-state index contributed by atoms with van der Waals surface area (Å²) in [7, 11) is 0. The van der Waals surface area contributed by atoms with E-state index in [0.29, 0.717) is 0 Å². The summed E-state index contributed by atoms with van der Waals surface area (Å²) in [5, 5.41) is 6.25. The Morgan fingerprint density at radius 2 is 1.20 bits per heavy atom. The summed E-state index contributed by atoms with van der Waals surface area (Å²) in [5.74, 6) is 0. The molecule has 0 heterocycles. The van der Waals surface area contributed by atoms with E-state index in [0.717, 1.165) is 0 Å². The van der Waals surface area contributed by atoms with E-state index < -0.39 is 0 Å². The molecule has 0 unspecified atom stereocenters. The predicted molar refractivity (Wildman–Crippen MR) is 14.3 cm³/mol. The molecule has 0 aromatic heterocycles. The van der Waals surface area contributed by atoms with E-state index in [9.17, 15) is 0 Å². The van der Waals surface area contributed by atoms with E-state index in [2.05, 4.69) is 0 Å². The van der Waals surface area contributed by atoms with Gasteiger partial charge in [-0.15, -0.1) is 0 Å². The molecule has 2 nitrogen and oxygen atoms in total. The van der Waals surface area contributed by atoms with Crippen LogP contribution in [0.15, 0.2) is 0 Å². The fraction of sp³-hybridized carbons (Fsp3) is 0. The van der Waals surface area contributed by atoms with Crippen LogP contribution in [0.1, 0.15) is 0 Å². The maximum atomic E-state index is 6.25. The normalized spacial score (nSPS) is 0.400. The number of hydrogen-bond donors (Lipinski definition) is 0. The zero-order chi connectivity index (χ0) is 2.00.